The van der Waals surface area contributed by atoms with Gasteiger partial charge in [-0.1, -0.05) is 18.2 Å². The van der Waals surface area contributed by atoms with Gasteiger partial charge in [0, 0.05) is 32.4 Å². The van der Waals surface area contributed by atoms with E-state index >= 15 is 0 Å². The van der Waals surface area contributed by atoms with E-state index in [-0.39, 0.29) is 0 Å². The van der Waals surface area contributed by atoms with Crippen LogP contribution in [-0.4, -0.2) is 39.4 Å². The number of benzene rings is 1. The lowest BCUT2D eigenvalue weighted by Crippen LogP contribution is -2.22. The average molecular weight is 308 g/mol. The van der Waals surface area contributed by atoms with Crippen molar-refractivity contribution in [2.75, 3.05) is 29.9 Å². The van der Waals surface area contributed by atoms with Crippen LogP contribution < -0.4 is 10.2 Å². The molecule has 1 aliphatic heterocycles. The zero-order chi connectivity index (χ0) is 15.6. The van der Waals surface area contributed by atoms with Gasteiger partial charge in [-0.2, -0.15) is 5.10 Å². The Bertz CT molecular complexity index is 797. The predicted octanol–water partition coefficient (Wildman–Crippen LogP) is 2.30. The fraction of sp³-hybridized carbons (Fsp3) is 0.353. The molecule has 2 aromatic heterocycles. The van der Waals surface area contributed by atoms with E-state index in [1.807, 2.05) is 13.2 Å². The van der Waals surface area contributed by atoms with E-state index in [9.17, 15) is 0 Å². The molecule has 1 atom stereocenters. The van der Waals surface area contributed by atoms with Crippen LogP contribution in [-0.2, 0) is 7.05 Å². The zero-order valence-electron chi connectivity index (χ0n) is 13.2. The van der Waals surface area contributed by atoms with Crippen molar-refractivity contribution in [2.24, 2.45) is 13.0 Å². The van der Waals surface area contributed by atoms with E-state index in [4.69, 9.17) is 0 Å². The highest BCUT2D eigenvalue weighted by molar-refractivity contribution is 5.85. The maximum absolute atomic E-state index is 4.37. The van der Waals surface area contributed by atoms with Crippen molar-refractivity contribution in [1.29, 1.82) is 0 Å². The van der Waals surface area contributed by atoms with Gasteiger partial charge in [0.15, 0.2) is 5.65 Å². The summed E-state index contributed by atoms with van der Waals surface area (Å²) >= 11 is 0. The molecule has 0 saturated carbocycles. The summed E-state index contributed by atoms with van der Waals surface area (Å²) in [5.41, 5.74) is 2.17. The van der Waals surface area contributed by atoms with E-state index in [2.05, 4.69) is 55.6 Å². The molecule has 0 amide bonds. The number of hydrogen-bond acceptors (Lipinski definition) is 5. The highest BCUT2D eigenvalue weighted by atomic mass is 15.3. The molecule has 3 heterocycles. The van der Waals surface area contributed by atoms with Crippen molar-refractivity contribution >= 4 is 22.5 Å². The van der Waals surface area contributed by atoms with Gasteiger partial charge < -0.3 is 10.2 Å². The van der Waals surface area contributed by atoms with Crippen LogP contribution in [0.15, 0.2) is 42.9 Å². The van der Waals surface area contributed by atoms with Crippen LogP contribution in [0.1, 0.15) is 6.42 Å². The number of aromatic nitrogens is 4. The molecule has 118 valence electrons. The molecule has 1 N–H and O–H groups in total. The topological polar surface area (TPSA) is 58.9 Å². The Morgan fingerprint density at radius 3 is 2.96 bits per heavy atom. The summed E-state index contributed by atoms with van der Waals surface area (Å²) in [5.74, 6) is 1.50. The average Bonchev–Trinajstić information content (AvgIpc) is 3.22. The van der Waals surface area contributed by atoms with Gasteiger partial charge in [-0.15, -0.1) is 0 Å². The first kappa shape index (κ1) is 14.0. The Kier molecular flexibility index (Phi) is 3.57. The highest BCUT2D eigenvalue weighted by Gasteiger charge is 2.22. The largest absolute Gasteiger partial charge is 0.371 e. The molecule has 1 aromatic carbocycles. The van der Waals surface area contributed by atoms with Crippen molar-refractivity contribution in [3.63, 3.8) is 0 Å². The minimum atomic E-state index is 0.622. The standard InChI is InChI=1S/C17H20N6/c1-22-17-15(10-21-22)16(19-12-20-17)18-9-13-7-8-23(11-13)14-5-3-2-4-6-14/h2-6,10,12-13H,7-9,11H2,1H3,(H,18,19,20)/t13-/m0/s1. The minimum Gasteiger partial charge on any atom is -0.371 e. The van der Waals surface area contributed by atoms with E-state index in [0.29, 0.717) is 5.92 Å². The maximum atomic E-state index is 4.37. The lowest BCUT2D eigenvalue weighted by atomic mass is 10.1. The smallest absolute Gasteiger partial charge is 0.163 e. The summed E-state index contributed by atoms with van der Waals surface area (Å²) in [5, 5.41) is 8.72. The molecule has 23 heavy (non-hydrogen) atoms. The first-order valence-corrected chi connectivity index (χ1v) is 7.98. The SMILES string of the molecule is Cn1ncc2c(NC[C@@H]3CCN(c4ccccc4)C3)ncnc21. The Hall–Kier alpha value is -2.63. The number of anilines is 2. The summed E-state index contributed by atoms with van der Waals surface area (Å²) in [6.45, 7) is 3.12. The van der Waals surface area contributed by atoms with Crippen LogP contribution in [0.5, 0.6) is 0 Å². The molecule has 1 saturated heterocycles. The van der Waals surface area contributed by atoms with Crippen LogP contribution in [0.25, 0.3) is 11.0 Å². The Labute approximate surface area is 135 Å². The number of fused-ring (bicyclic) bond motifs is 1. The van der Waals surface area contributed by atoms with Gasteiger partial charge in [0.1, 0.15) is 12.1 Å². The molecule has 3 aromatic rings. The van der Waals surface area contributed by atoms with E-state index in [1.54, 1.807) is 11.0 Å². The maximum Gasteiger partial charge on any atom is 0.163 e. The normalized spacial score (nSPS) is 17.8. The quantitative estimate of drug-likeness (QED) is 0.801. The molecule has 0 aliphatic carbocycles. The number of nitrogens with one attached hydrogen (secondary N) is 1. The van der Waals surface area contributed by atoms with Gasteiger partial charge in [0.25, 0.3) is 0 Å². The van der Waals surface area contributed by atoms with Crippen LogP contribution >= 0.6 is 0 Å². The van der Waals surface area contributed by atoms with Gasteiger partial charge in [-0.05, 0) is 24.5 Å². The Balaban J connectivity index is 1.42. The summed E-state index contributed by atoms with van der Waals surface area (Å²) in [6.07, 6.45) is 4.61. The van der Waals surface area contributed by atoms with Crippen LogP contribution in [0, 0.1) is 5.92 Å². The number of nitrogens with zero attached hydrogens (tertiary/aromatic N) is 5. The fourth-order valence-electron chi connectivity index (χ4n) is 3.22. The second-order valence-corrected chi connectivity index (χ2v) is 6.04. The second kappa shape index (κ2) is 5.87. The van der Waals surface area contributed by atoms with Gasteiger partial charge in [-0.25, -0.2) is 9.97 Å². The molecule has 1 fully saturated rings. The molecule has 0 spiro atoms. The predicted molar refractivity (Wildman–Crippen MR) is 91.6 cm³/mol. The summed E-state index contributed by atoms with van der Waals surface area (Å²) in [6, 6.07) is 10.6. The lowest BCUT2D eigenvalue weighted by Gasteiger charge is -2.18. The third-order valence-electron chi connectivity index (χ3n) is 4.49. The molecule has 1 aliphatic rings. The molecule has 0 bridgehead atoms. The Morgan fingerprint density at radius 2 is 2.09 bits per heavy atom. The summed E-state index contributed by atoms with van der Waals surface area (Å²) in [7, 11) is 1.90. The summed E-state index contributed by atoms with van der Waals surface area (Å²) in [4.78, 5) is 11.1. The second-order valence-electron chi connectivity index (χ2n) is 6.04. The number of para-hydroxylation sites is 1. The van der Waals surface area contributed by atoms with Gasteiger partial charge in [-0.3, -0.25) is 4.68 Å². The Morgan fingerprint density at radius 1 is 1.22 bits per heavy atom. The van der Waals surface area contributed by atoms with Crippen molar-refractivity contribution in [3.05, 3.63) is 42.9 Å². The zero-order valence-corrected chi connectivity index (χ0v) is 13.2. The van der Waals surface area contributed by atoms with Crippen LogP contribution in [0.4, 0.5) is 11.5 Å². The van der Waals surface area contributed by atoms with Crippen molar-refractivity contribution in [3.8, 4) is 0 Å². The van der Waals surface area contributed by atoms with E-state index in [0.717, 1.165) is 36.5 Å². The van der Waals surface area contributed by atoms with Crippen LogP contribution in [0.3, 0.4) is 0 Å². The molecule has 4 rings (SSSR count). The molecular formula is C17H20N6. The minimum absolute atomic E-state index is 0.622. The van der Waals surface area contributed by atoms with Crippen molar-refractivity contribution in [1.82, 2.24) is 19.7 Å². The third kappa shape index (κ3) is 2.72. The molecule has 6 heteroatoms. The molecule has 0 unspecified atom stereocenters. The molecular weight excluding hydrogens is 288 g/mol. The number of rotatable bonds is 4. The van der Waals surface area contributed by atoms with Crippen molar-refractivity contribution in [2.45, 2.75) is 6.42 Å². The van der Waals surface area contributed by atoms with E-state index in [1.165, 1.54) is 12.1 Å². The molecule has 6 nitrogen and oxygen atoms in total. The monoisotopic (exact) mass is 308 g/mol. The van der Waals surface area contributed by atoms with Crippen molar-refractivity contribution < 1.29 is 0 Å². The molecule has 0 radical (unpaired) electrons. The summed E-state index contributed by atoms with van der Waals surface area (Å²) < 4.78 is 1.77. The van der Waals surface area contributed by atoms with Gasteiger partial charge >= 0.3 is 0 Å². The number of aryl methyl sites for hydroxylation is 1. The first-order chi connectivity index (χ1) is 11.3. The number of hydrogen-bond donors (Lipinski definition) is 1. The first-order valence-electron chi connectivity index (χ1n) is 7.98. The van der Waals surface area contributed by atoms with E-state index < -0.39 is 0 Å². The van der Waals surface area contributed by atoms with Gasteiger partial charge in [0.05, 0.1) is 11.6 Å². The van der Waals surface area contributed by atoms with Crippen LogP contribution in [0.2, 0.25) is 0 Å². The lowest BCUT2D eigenvalue weighted by molar-refractivity contribution is 0.621. The third-order valence-corrected chi connectivity index (χ3v) is 4.49. The van der Waals surface area contributed by atoms with Gasteiger partial charge in [0.2, 0.25) is 0 Å². The fourth-order valence-corrected chi connectivity index (χ4v) is 3.22. The highest BCUT2D eigenvalue weighted by Crippen LogP contribution is 2.24.